The van der Waals surface area contributed by atoms with Gasteiger partial charge in [0.05, 0.1) is 12.1 Å². The van der Waals surface area contributed by atoms with E-state index >= 15 is 0 Å². The summed E-state index contributed by atoms with van der Waals surface area (Å²) in [5.74, 6) is -0.140. The molecule has 0 saturated carbocycles. The number of anilines is 1. The van der Waals surface area contributed by atoms with Gasteiger partial charge in [-0.25, -0.2) is 0 Å². The molecular formula is C21H19ClN2O2. The fourth-order valence-electron chi connectivity index (χ4n) is 2.82. The summed E-state index contributed by atoms with van der Waals surface area (Å²) in [5, 5.41) is 0.615. The fourth-order valence-corrected chi connectivity index (χ4v) is 3.03. The molecule has 0 saturated heterocycles. The number of amides is 1. The lowest BCUT2D eigenvalue weighted by molar-refractivity contribution is 0.0987. The highest BCUT2D eigenvalue weighted by atomic mass is 35.5. The number of rotatable bonds is 5. The summed E-state index contributed by atoms with van der Waals surface area (Å²) < 4.78 is 1.53. The van der Waals surface area contributed by atoms with E-state index < -0.39 is 0 Å². The van der Waals surface area contributed by atoms with Crippen molar-refractivity contribution < 1.29 is 4.79 Å². The number of benzene rings is 2. The number of aromatic nitrogens is 1. The minimum Gasteiger partial charge on any atom is -0.310 e. The Kier molecular flexibility index (Phi) is 5.54. The Morgan fingerprint density at radius 3 is 2.50 bits per heavy atom. The second kappa shape index (κ2) is 8.02. The number of hydrogen-bond acceptors (Lipinski definition) is 2. The second-order valence-electron chi connectivity index (χ2n) is 5.90. The summed E-state index contributed by atoms with van der Waals surface area (Å²) in [6.07, 6.45) is 1.61. The van der Waals surface area contributed by atoms with Crippen LogP contribution in [0.5, 0.6) is 0 Å². The SMILES string of the molecule is CCN(C(=O)c1ccc(=O)n(Cc2cccc(Cl)c2)c1)c1ccccc1. The van der Waals surface area contributed by atoms with Crippen molar-refractivity contribution in [3.63, 3.8) is 0 Å². The number of halogens is 1. The molecule has 0 radical (unpaired) electrons. The molecule has 1 heterocycles. The molecule has 26 heavy (non-hydrogen) atoms. The molecule has 0 fully saturated rings. The standard InChI is InChI=1S/C21H19ClN2O2/c1-2-24(19-9-4-3-5-10-19)21(26)17-11-12-20(25)23(15-17)14-16-7-6-8-18(22)13-16/h3-13,15H,2,14H2,1H3. The van der Waals surface area contributed by atoms with Crippen LogP contribution in [0.3, 0.4) is 0 Å². The predicted octanol–water partition coefficient (Wildman–Crippen LogP) is 4.22. The van der Waals surface area contributed by atoms with Crippen LogP contribution in [0.25, 0.3) is 0 Å². The number of nitrogens with zero attached hydrogens (tertiary/aromatic N) is 2. The van der Waals surface area contributed by atoms with Crippen LogP contribution in [0, 0.1) is 0 Å². The van der Waals surface area contributed by atoms with E-state index in [1.807, 2.05) is 55.5 Å². The number of pyridine rings is 1. The summed E-state index contributed by atoms with van der Waals surface area (Å²) in [7, 11) is 0. The third-order valence-corrected chi connectivity index (χ3v) is 4.34. The maximum atomic E-state index is 12.9. The Morgan fingerprint density at radius 1 is 1.04 bits per heavy atom. The van der Waals surface area contributed by atoms with Crippen LogP contribution < -0.4 is 10.5 Å². The van der Waals surface area contributed by atoms with Gasteiger partial charge in [-0.2, -0.15) is 0 Å². The highest BCUT2D eigenvalue weighted by molar-refractivity contribution is 6.30. The van der Waals surface area contributed by atoms with Crippen molar-refractivity contribution in [3.8, 4) is 0 Å². The fraction of sp³-hybridized carbons (Fsp3) is 0.143. The average molecular weight is 367 g/mol. The molecule has 1 amide bonds. The van der Waals surface area contributed by atoms with Crippen molar-refractivity contribution >= 4 is 23.2 Å². The number of carbonyl (C=O) groups excluding carboxylic acids is 1. The largest absolute Gasteiger partial charge is 0.310 e. The van der Waals surface area contributed by atoms with Crippen LogP contribution in [0.4, 0.5) is 5.69 Å². The summed E-state index contributed by atoms with van der Waals surface area (Å²) in [5.41, 5.74) is 2.04. The minimum absolute atomic E-state index is 0.140. The van der Waals surface area contributed by atoms with Gasteiger partial charge in [-0.1, -0.05) is 41.9 Å². The Bertz CT molecular complexity index is 967. The van der Waals surface area contributed by atoms with Gasteiger partial charge in [0.1, 0.15) is 0 Å². The van der Waals surface area contributed by atoms with Gasteiger partial charge < -0.3 is 9.47 Å². The van der Waals surface area contributed by atoms with E-state index in [0.29, 0.717) is 23.7 Å². The molecule has 0 aliphatic heterocycles. The van der Waals surface area contributed by atoms with E-state index in [1.165, 1.54) is 10.6 Å². The second-order valence-corrected chi connectivity index (χ2v) is 6.34. The van der Waals surface area contributed by atoms with Crippen LogP contribution in [0.2, 0.25) is 5.02 Å². The number of hydrogen-bond donors (Lipinski definition) is 0. The molecule has 0 aliphatic rings. The van der Waals surface area contributed by atoms with Crippen molar-refractivity contribution in [2.24, 2.45) is 0 Å². The predicted molar refractivity (Wildman–Crippen MR) is 105 cm³/mol. The zero-order chi connectivity index (χ0) is 18.5. The third-order valence-electron chi connectivity index (χ3n) is 4.10. The number of para-hydroxylation sites is 1. The molecule has 4 nitrogen and oxygen atoms in total. The van der Waals surface area contributed by atoms with Gasteiger partial charge in [-0.05, 0) is 42.8 Å². The molecule has 1 aromatic heterocycles. The van der Waals surface area contributed by atoms with Crippen LogP contribution in [-0.2, 0) is 6.54 Å². The van der Waals surface area contributed by atoms with Gasteiger partial charge >= 0.3 is 0 Å². The highest BCUT2D eigenvalue weighted by Crippen LogP contribution is 2.16. The first-order chi connectivity index (χ1) is 12.6. The van der Waals surface area contributed by atoms with Crippen LogP contribution in [-0.4, -0.2) is 17.0 Å². The Hall–Kier alpha value is -2.85. The molecule has 5 heteroatoms. The van der Waals surface area contributed by atoms with Gasteiger partial charge in [0.2, 0.25) is 0 Å². The minimum atomic E-state index is -0.163. The van der Waals surface area contributed by atoms with E-state index in [0.717, 1.165) is 11.3 Å². The average Bonchev–Trinajstić information content (AvgIpc) is 2.65. The maximum absolute atomic E-state index is 12.9. The Balaban J connectivity index is 1.91. The zero-order valence-corrected chi connectivity index (χ0v) is 15.2. The maximum Gasteiger partial charge on any atom is 0.259 e. The zero-order valence-electron chi connectivity index (χ0n) is 14.4. The van der Waals surface area contributed by atoms with E-state index in [2.05, 4.69) is 0 Å². The first-order valence-corrected chi connectivity index (χ1v) is 8.78. The van der Waals surface area contributed by atoms with E-state index in [4.69, 9.17) is 11.6 Å². The molecule has 132 valence electrons. The van der Waals surface area contributed by atoms with Gasteiger partial charge in [0.15, 0.2) is 0 Å². The molecule has 0 N–H and O–H groups in total. The summed E-state index contributed by atoms with van der Waals surface area (Å²) in [6, 6.07) is 19.8. The lowest BCUT2D eigenvalue weighted by atomic mass is 10.2. The molecule has 0 atom stereocenters. The van der Waals surface area contributed by atoms with Gasteiger partial charge in [0.25, 0.3) is 11.5 Å². The summed E-state index contributed by atoms with van der Waals surface area (Å²) in [4.78, 5) is 26.8. The van der Waals surface area contributed by atoms with Crippen molar-refractivity contribution in [1.29, 1.82) is 0 Å². The molecule has 0 bridgehead atoms. The molecule has 0 unspecified atom stereocenters. The molecule has 0 aliphatic carbocycles. The molecule has 3 aromatic rings. The lowest BCUT2D eigenvalue weighted by Crippen LogP contribution is -2.32. The van der Waals surface area contributed by atoms with Crippen molar-refractivity contribution in [1.82, 2.24) is 4.57 Å². The normalized spacial score (nSPS) is 10.5. The Labute approximate surface area is 157 Å². The summed E-state index contributed by atoms with van der Waals surface area (Å²) >= 11 is 6.01. The van der Waals surface area contributed by atoms with Crippen LogP contribution in [0.15, 0.2) is 77.7 Å². The quantitative estimate of drug-likeness (QED) is 0.678. The van der Waals surface area contributed by atoms with Gasteiger partial charge in [-0.3, -0.25) is 9.59 Å². The Morgan fingerprint density at radius 2 is 1.81 bits per heavy atom. The van der Waals surface area contributed by atoms with Gasteiger partial charge in [-0.15, -0.1) is 0 Å². The number of carbonyl (C=O) groups is 1. The first-order valence-electron chi connectivity index (χ1n) is 8.40. The first kappa shape index (κ1) is 18.0. The van der Waals surface area contributed by atoms with Gasteiger partial charge in [0, 0.05) is 29.5 Å². The summed E-state index contributed by atoms with van der Waals surface area (Å²) in [6.45, 7) is 2.82. The highest BCUT2D eigenvalue weighted by Gasteiger charge is 2.16. The van der Waals surface area contributed by atoms with Crippen LogP contribution >= 0.6 is 11.6 Å². The third kappa shape index (κ3) is 4.03. The van der Waals surface area contributed by atoms with E-state index in [-0.39, 0.29) is 11.5 Å². The molecular weight excluding hydrogens is 348 g/mol. The van der Waals surface area contributed by atoms with Crippen molar-refractivity contribution in [2.75, 3.05) is 11.4 Å². The van der Waals surface area contributed by atoms with E-state index in [1.54, 1.807) is 23.2 Å². The smallest absolute Gasteiger partial charge is 0.259 e. The molecule has 2 aromatic carbocycles. The monoisotopic (exact) mass is 366 g/mol. The van der Waals surface area contributed by atoms with E-state index in [9.17, 15) is 9.59 Å². The topological polar surface area (TPSA) is 42.3 Å². The van der Waals surface area contributed by atoms with Crippen molar-refractivity contribution in [3.05, 3.63) is 99.4 Å². The molecule has 3 rings (SSSR count). The lowest BCUT2D eigenvalue weighted by Gasteiger charge is -2.21. The van der Waals surface area contributed by atoms with Crippen molar-refractivity contribution in [2.45, 2.75) is 13.5 Å². The van der Waals surface area contributed by atoms with Crippen LogP contribution in [0.1, 0.15) is 22.8 Å². The molecule has 0 spiro atoms.